The van der Waals surface area contributed by atoms with Gasteiger partial charge in [0.15, 0.2) is 0 Å². The predicted octanol–water partition coefficient (Wildman–Crippen LogP) is 3.05. The maximum absolute atomic E-state index is 12.1. The van der Waals surface area contributed by atoms with Crippen molar-refractivity contribution in [1.82, 2.24) is 0 Å². The third kappa shape index (κ3) is 2.32. The van der Waals surface area contributed by atoms with Crippen LogP contribution in [-0.4, -0.2) is 6.98 Å². The van der Waals surface area contributed by atoms with Crippen molar-refractivity contribution in [2.24, 2.45) is 0 Å². The summed E-state index contributed by atoms with van der Waals surface area (Å²) in [5, 5.41) is -0.00611. The highest BCUT2D eigenvalue weighted by Crippen LogP contribution is 2.18. The summed E-state index contributed by atoms with van der Waals surface area (Å²) in [4.78, 5) is 0. The smallest absolute Gasteiger partial charge is 0.445 e. The molecule has 0 unspecified atom stereocenters. The van der Waals surface area contributed by atoms with Crippen molar-refractivity contribution < 1.29 is 12.9 Å². The Morgan fingerprint density at radius 3 is 1.67 bits per heavy atom. The van der Waals surface area contributed by atoms with Gasteiger partial charge in [0.1, 0.15) is 0 Å². The minimum atomic E-state index is -5.01. The molecule has 1 aromatic carbocycles. The fourth-order valence-corrected chi connectivity index (χ4v) is 1.31. The molecule has 0 fully saturated rings. The first-order valence-corrected chi connectivity index (χ1v) is 3.81. The van der Waals surface area contributed by atoms with Gasteiger partial charge in [-0.3, -0.25) is 0 Å². The van der Waals surface area contributed by atoms with E-state index in [2.05, 4.69) is 0 Å². The molecule has 0 heterocycles. The molecule has 0 nitrogen and oxygen atoms in total. The topological polar surface area (TPSA) is 0 Å². The quantitative estimate of drug-likeness (QED) is 0.630. The Morgan fingerprint density at radius 1 is 0.917 bits per heavy atom. The highest BCUT2D eigenvalue weighted by Gasteiger charge is 2.25. The third-order valence-corrected chi connectivity index (χ3v) is 1.70. The molecule has 0 spiro atoms. The van der Waals surface area contributed by atoms with Crippen molar-refractivity contribution in [3.63, 3.8) is 0 Å². The fourth-order valence-electron chi connectivity index (χ4n) is 0.764. The van der Waals surface area contributed by atoms with Crippen LogP contribution in [0.15, 0.2) is 18.2 Å². The van der Waals surface area contributed by atoms with Crippen LogP contribution in [0.2, 0.25) is 10.0 Å². The van der Waals surface area contributed by atoms with Gasteiger partial charge in [0.05, 0.1) is 0 Å². The summed E-state index contributed by atoms with van der Waals surface area (Å²) in [7, 11) is 0. The normalized spacial score (nSPS) is 11.8. The average molecular weight is 214 g/mol. The first-order chi connectivity index (χ1) is 5.39. The Balaban J connectivity index is 3.18. The Hall–Kier alpha value is -0.345. The molecule has 12 heavy (non-hydrogen) atoms. The lowest BCUT2D eigenvalue weighted by Crippen LogP contribution is -2.33. The van der Waals surface area contributed by atoms with E-state index in [9.17, 15) is 12.9 Å². The van der Waals surface area contributed by atoms with E-state index in [0.29, 0.717) is 0 Å². The second-order valence-corrected chi connectivity index (χ2v) is 3.15. The lowest BCUT2D eigenvalue weighted by atomic mass is 9.80. The Labute approximate surface area is 77.3 Å². The largest absolute Gasteiger partial charge is 0.509 e. The molecule has 0 aliphatic rings. The Kier molecular flexibility index (Phi) is 2.59. The molecule has 6 heteroatoms. The van der Waals surface area contributed by atoms with E-state index < -0.39 is 12.4 Å². The van der Waals surface area contributed by atoms with Crippen molar-refractivity contribution in [3.8, 4) is 0 Å². The number of halogens is 5. The van der Waals surface area contributed by atoms with Crippen molar-refractivity contribution in [2.45, 2.75) is 0 Å². The van der Waals surface area contributed by atoms with Crippen LogP contribution in [0.1, 0.15) is 0 Å². The Bertz CT molecular complexity index is 277. The van der Waals surface area contributed by atoms with Gasteiger partial charge in [-0.2, -0.15) is 0 Å². The van der Waals surface area contributed by atoms with E-state index in [1.807, 2.05) is 0 Å². The summed E-state index contributed by atoms with van der Waals surface area (Å²) in [5.74, 6) is 0. The number of hydrogen-bond acceptors (Lipinski definition) is 0. The highest BCUT2D eigenvalue weighted by molar-refractivity contribution is 6.74. The molecule has 1 rings (SSSR count). The molecule has 1 aromatic rings. The minimum Gasteiger partial charge on any atom is -0.445 e. The van der Waals surface area contributed by atoms with Crippen LogP contribution in [0.3, 0.4) is 0 Å². The molecule has 66 valence electrons. The molecular formula is C6H3BCl2F3-. The van der Waals surface area contributed by atoms with Gasteiger partial charge in [-0.15, -0.1) is 5.46 Å². The number of hydrogen-bond donors (Lipinski definition) is 0. The summed E-state index contributed by atoms with van der Waals surface area (Å²) in [6.45, 7) is -5.01. The van der Waals surface area contributed by atoms with Crippen LogP contribution in [-0.2, 0) is 0 Å². The van der Waals surface area contributed by atoms with Crippen LogP contribution < -0.4 is 5.46 Å². The molecule has 0 aliphatic carbocycles. The zero-order valence-electron chi connectivity index (χ0n) is 5.70. The lowest BCUT2D eigenvalue weighted by Gasteiger charge is -2.14. The van der Waals surface area contributed by atoms with E-state index in [1.165, 1.54) is 6.07 Å². The van der Waals surface area contributed by atoms with Gasteiger partial charge in [-0.1, -0.05) is 35.3 Å². The first-order valence-electron chi connectivity index (χ1n) is 3.05. The second kappa shape index (κ2) is 3.19. The molecule has 0 saturated carbocycles. The third-order valence-electron chi connectivity index (χ3n) is 1.26. The van der Waals surface area contributed by atoms with Gasteiger partial charge in [0.2, 0.25) is 0 Å². The zero-order chi connectivity index (χ0) is 9.35. The average Bonchev–Trinajstić information content (AvgIpc) is 1.82. The van der Waals surface area contributed by atoms with Gasteiger partial charge in [-0.05, 0) is 6.07 Å². The summed E-state index contributed by atoms with van der Waals surface area (Å²) >= 11 is 10.8. The van der Waals surface area contributed by atoms with Crippen LogP contribution in [0.25, 0.3) is 0 Å². The number of rotatable bonds is 1. The van der Waals surface area contributed by atoms with E-state index in [1.54, 1.807) is 0 Å². The standard InChI is InChI=1S/C6H3BCl2F3/c8-5-1-4(7(10,11)12)2-6(9)3-5/h1-3H/q-1. The first kappa shape index (κ1) is 9.74. The van der Waals surface area contributed by atoms with Crippen LogP contribution >= 0.6 is 23.2 Å². The summed E-state index contributed by atoms with van der Waals surface area (Å²) < 4.78 is 36.3. The maximum Gasteiger partial charge on any atom is 0.509 e. The van der Waals surface area contributed by atoms with Gasteiger partial charge in [-0.25, -0.2) is 0 Å². The SMILES string of the molecule is F[B-](F)(F)c1cc(Cl)cc(Cl)c1. The van der Waals surface area contributed by atoms with Crippen LogP contribution in [0, 0.1) is 0 Å². The van der Waals surface area contributed by atoms with E-state index >= 15 is 0 Å². The van der Waals surface area contributed by atoms with E-state index in [4.69, 9.17) is 23.2 Å². The second-order valence-electron chi connectivity index (χ2n) is 2.28. The fraction of sp³-hybridized carbons (Fsp3) is 0. The molecule has 0 atom stereocenters. The zero-order valence-corrected chi connectivity index (χ0v) is 7.21. The van der Waals surface area contributed by atoms with Crippen molar-refractivity contribution in [2.75, 3.05) is 0 Å². The van der Waals surface area contributed by atoms with Gasteiger partial charge < -0.3 is 12.9 Å². The monoisotopic (exact) mass is 213 g/mol. The Morgan fingerprint density at radius 2 is 1.33 bits per heavy atom. The van der Waals surface area contributed by atoms with Gasteiger partial charge >= 0.3 is 6.98 Å². The summed E-state index contributed by atoms with van der Waals surface area (Å²) in [5.41, 5.74) is -0.771. The van der Waals surface area contributed by atoms with Crippen molar-refractivity contribution in [3.05, 3.63) is 28.2 Å². The predicted molar refractivity (Wildman–Crippen MR) is 45.2 cm³/mol. The summed E-state index contributed by atoms with van der Waals surface area (Å²) in [6.07, 6.45) is 0. The molecule has 0 aromatic heterocycles. The maximum atomic E-state index is 12.1. The summed E-state index contributed by atoms with van der Waals surface area (Å²) in [6, 6.07) is 2.97. The highest BCUT2D eigenvalue weighted by atomic mass is 35.5. The van der Waals surface area contributed by atoms with E-state index in [-0.39, 0.29) is 10.0 Å². The van der Waals surface area contributed by atoms with Gasteiger partial charge in [0, 0.05) is 10.0 Å². The van der Waals surface area contributed by atoms with Gasteiger partial charge in [0.25, 0.3) is 0 Å². The van der Waals surface area contributed by atoms with Crippen molar-refractivity contribution >= 4 is 35.6 Å². The molecule has 0 N–H and O–H groups in total. The van der Waals surface area contributed by atoms with Crippen molar-refractivity contribution in [1.29, 1.82) is 0 Å². The molecular weight excluding hydrogens is 211 g/mol. The minimum absolute atomic E-state index is 0.00306. The molecule has 0 aliphatic heterocycles. The van der Waals surface area contributed by atoms with Crippen LogP contribution in [0.5, 0.6) is 0 Å². The molecule has 0 radical (unpaired) electrons. The van der Waals surface area contributed by atoms with E-state index in [0.717, 1.165) is 12.1 Å². The molecule has 0 amide bonds. The molecule has 0 bridgehead atoms. The number of benzene rings is 1. The van der Waals surface area contributed by atoms with Crippen LogP contribution in [0.4, 0.5) is 12.9 Å². The molecule has 0 saturated heterocycles. The lowest BCUT2D eigenvalue weighted by molar-refractivity contribution is 0.501.